The van der Waals surface area contributed by atoms with Crippen molar-refractivity contribution in [2.24, 2.45) is 0 Å². The lowest BCUT2D eigenvalue weighted by molar-refractivity contribution is 0.0695. The van der Waals surface area contributed by atoms with E-state index in [0.29, 0.717) is 18.6 Å². The van der Waals surface area contributed by atoms with E-state index in [1.807, 2.05) is 18.7 Å². The third-order valence-electron chi connectivity index (χ3n) is 5.23. The highest BCUT2D eigenvalue weighted by atomic mass is 35.5. The van der Waals surface area contributed by atoms with Crippen molar-refractivity contribution in [1.82, 2.24) is 9.88 Å². The number of aromatic nitrogens is 1. The first-order valence-corrected chi connectivity index (χ1v) is 9.46. The van der Waals surface area contributed by atoms with Crippen LogP contribution in [0.2, 0.25) is 5.02 Å². The number of pyridine rings is 1. The van der Waals surface area contributed by atoms with Gasteiger partial charge in [0.15, 0.2) is 0 Å². The Morgan fingerprint density at radius 1 is 1.30 bits per heavy atom. The van der Waals surface area contributed by atoms with Crippen LogP contribution in [0.3, 0.4) is 0 Å². The number of carbonyl (C=O) groups is 1. The summed E-state index contributed by atoms with van der Waals surface area (Å²) in [4.78, 5) is 26.0. The summed E-state index contributed by atoms with van der Waals surface area (Å²) in [5.74, 6) is -1.92. The molecule has 2 fully saturated rings. The quantitative estimate of drug-likeness (QED) is 0.838. The SMILES string of the molecule is C[C@@H]1CN(c2c(F)cc3c(=O)c(C(=O)O)cn(C4CC4)c3c2Cl)C[C@H](C)N1. The zero-order valence-corrected chi connectivity index (χ0v) is 15.9. The van der Waals surface area contributed by atoms with Crippen LogP contribution in [-0.2, 0) is 0 Å². The predicted molar refractivity (Wildman–Crippen MR) is 103 cm³/mol. The minimum absolute atomic E-state index is 0.0179. The molecule has 0 radical (unpaired) electrons. The summed E-state index contributed by atoms with van der Waals surface area (Å²) in [5, 5.41) is 12.9. The number of carboxylic acid groups (broad SMARTS) is 1. The lowest BCUT2D eigenvalue weighted by atomic mass is 10.1. The van der Waals surface area contributed by atoms with Gasteiger partial charge >= 0.3 is 5.97 Å². The molecule has 2 atom stereocenters. The maximum Gasteiger partial charge on any atom is 0.341 e. The van der Waals surface area contributed by atoms with Crippen LogP contribution in [0.4, 0.5) is 10.1 Å². The van der Waals surface area contributed by atoms with Crippen LogP contribution in [0.15, 0.2) is 17.1 Å². The van der Waals surface area contributed by atoms with Gasteiger partial charge in [0, 0.05) is 37.4 Å². The van der Waals surface area contributed by atoms with Crippen molar-refractivity contribution in [2.75, 3.05) is 18.0 Å². The van der Waals surface area contributed by atoms with Gasteiger partial charge in [-0.25, -0.2) is 9.18 Å². The van der Waals surface area contributed by atoms with Gasteiger partial charge in [-0.05, 0) is 32.8 Å². The number of nitrogens with zero attached hydrogens (tertiary/aromatic N) is 2. The van der Waals surface area contributed by atoms with Crippen molar-refractivity contribution in [2.45, 2.75) is 44.8 Å². The molecular weight excluding hydrogens is 373 g/mol. The van der Waals surface area contributed by atoms with Crippen molar-refractivity contribution in [3.8, 4) is 0 Å². The second-order valence-electron chi connectivity index (χ2n) is 7.61. The summed E-state index contributed by atoms with van der Waals surface area (Å²) < 4.78 is 16.8. The third kappa shape index (κ3) is 3.08. The largest absolute Gasteiger partial charge is 0.477 e. The number of nitrogens with one attached hydrogen (secondary N) is 1. The Morgan fingerprint density at radius 3 is 2.48 bits per heavy atom. The average Bonchev–Trinajstić information content (AvgIpc) is 3.39. The van der Waals surface area contributed by atoms with Gasteiger partial charge in [0.1, 0.15) is 11.4 Å². The standard InChI is InChI=1S/C19H21ClFN3O3/c1-9-6-23(7-10(2)22-9)17-14(21)5-12-16(15(17)20)24(11-3-4-11)8-13(18(12)25)19(26)27/h5,8-11,22H,3-4,6-7H2,1-2H3,(H,26,27)/t9-,10+. The maximum absolute atomic E-state index is 15.0. The van der Waals surface area contributed by atoms with Crippen LogP contribution in [-0.4, -0.2) is 40.8 Å². The van der Waals surface area contributed by atoms with Gasteiger partial charge in [0.05, 0.1) is 21.6 Å². The summed E-state index contributed by atoms with van der Waals surface area (Å²) in [6.45, 7) is 5.23. The molecule has 8 heteroatoms. The highest BCUT2D eigenvalue weighted by molar-refractivity contribution is 6.38. The zero-order chi connectivity index (χ0) is 19.5. The first-order valence-electron chi connectivity index (χ1n) is 9.09. The lowest BCUT2D eigenvalue weighted by Crippen LogP contribution is -2.54. The van der Waals surface area contributed by atoms with Crippen LogP contribution in [0, 0.1) is 5.82 Å². The summed E-state index contributed by atoms with van der Waals surface area (Å²) in [7, 11) is 0. The van der Waals surface area contributed by atoms with Crippen LogP contribution >= 0.6 is 11.6 Å². The molecule has 1 aromatic carbocycles. The predicted octanol–water partition coefficient (Wildman–Crippen LogP) is 3.01. The van der Waals surface area contributed by atoms with Crippen molar-refractivity contribution in [3.05, 3.63) is 38.9 Å². The molecule has 144 valence electrons. The summed E-state index contributed by atoms with van der Waals surface area (Å²) in [5.41, 5.74) is -0.364. The Balaban J connectivity index is 1.98. The maximum atomic E-state index is 15.0. The number of benzene rings is 1. The second kappa shape index (κ2) is 6.49. The summed E-state index contributed by atoms with van der Waals surface area (Å²) in [6.07, 6.45) is 3.10. The molecule has 0 spiro atoms. The Bertz CT molecular complexity index is 992. The zero-order valence-electron chi connectivity index (χ0n) is 15.1. The molecule has 1 aromatic heterocycles. The Morgan fingerprint density at radius 2 is 1.93 bits per heavy atom. The normalized spacial score (nSPS) is 23.0. The molecule has 4 rings (SSSR count). The number of hydrogen-bond donors (Lipinski definition) is 2. The first-order chi connectivity index (χ1) is 12.8. The molecule has 0 unspecified atom stereocenters. The van der Waals surface area contributed by atoms with E-state index >= 15 is 4.39 Å². The molecule has 1 aliphatic heterocycles. The average molecular weight is 394 g/mol. The number of aromatic carboxylic acids is 1. The molecule has 1 saturated heterocycles. The van der Waals surface area contributed by atoms with E-state index in [0.717, 1.165) is 18.9 Å². The van der Waals surface area contributed by atoms with E-state index in [4.69, 9.17) is 11.6 Å². The van der Waals surface area contributed by atoms with Gasteiger partial charge in [0.2, 0.25) is 5.43 Å². The fourth-order valence-corrected chi connectivity index (χ4v) is 4.43. The number of carboxylic acids is 1. The summed E-state index contributed by atoms with van der Waals surface area (Å²) in [6, 6.07) is 1.56. The van der Waals surface area contributed by atoms with E-state index < -0.39 is 17.2 Å². The monoisotopic (exact) mass is 393 g/mol. The van der Waals surface area contributed by atoms with E-state index in [2.05, 4.69) is 5.32 Å². The number of halogens is 2. The van der Waals surface area contributed by atoms with Gasteiger partial charge in [-0.2, -0.15) is 0 Å². The molecule has 2 aromatic rings. The first kappa shape index (κ1) is 18.3. The molecular formula is C19H21ClFN3O3. The van der Waals surface area contributed by atoms with Gasteiger partial charge in [-0.3, -0.25) is 4.79 Å². The van der Waals surface area contributed by atoms with Gasteiger partial charge in [-0.1, -0.05) is 11.6 Å². The molecule has 6 nitrogen and oxygen atoms in total. The van der Waals surface area contributed by atoms with E-state index in [9.17, 15) is 14.7 Å². The van der Waals surface area contributed by atoms with E-state index in [1.165, 1.54) is 6.20 Å². The lowest BCUT2D eigenvalue weighted by Gasteiger charge is -2.38. The Kier molecular flexibility index (Phi) is 4.39. The highest BCUT2D eigenvalue weighted by Gasteiger charge is 2.31. The van der Waals surface area contributed by atoms with Crippen molar-refractivity contribution < 1.29 is 14.3 Å². The van der Waals surface area contributed by atoms with Gasteiger partial charge in [-0.15, -0.1) is 0 Å². The molecule has 1 saturated carbocycles. The fraction of sp³-hybridized carbons (Fsp3) is 0.474. The molecule has 2 N–H and O–H groups in total. The molecule has 2 heterocycles. The minimum atomic E-state index is -1.32. The van der Waals surface area contributed by atoms with Crippen molar-refractivity contribution >= 4 is 34.2 Å². The Hall–Kier alpha value is -2.12. The van der Waals surface area contributed by atoms with Crippen LogP contribution in [0.5, 0.6) is 0 Å². The number of fused-ring (bicyclic) bond motifs is 1. The number of hydrogen-bond acceptors (Lipinski definition) is 4. The molecule has 0 bridgehead atoms. The smallest absolute Gasteiger partial charge is 0.341 e. The Labute approximate surface area is 160 Å². The molecule has 1 aliphatic carbocycles. The van der Waals surface area contributed by atoms with Crippen molar-refractivity contribution in [3.63, 3.8) is 0 Å². The molecule has 0 amide bonds. The topological polar surface area (TPSA) is 74.6 Å². The van der Waals surface area contributed by atoms with Gasteiger partial charge < -0.3 is 19.9 Å². The van der Waals surface area contributed by atoms with Crippen LogP contribution in [0.1, 0.15) is 43.1 Å². The van der Waals surface area contributed by atoms with Crippen molar-refractivity contribution in [1.29, 1.82) is 0 Å². The van der Waals surface area contributed by atoms with Crippen LogP contribution < -0.4 is 15.6 Å². The number of rotatable bonds is 3. The highest BCUT2D eigenvalue weighted by Crippen LogP contribution is 2.42. The van der Waals surface area contributed by atoms with E-state index in [1.54, 1.807) is 4.57 Å². The second-order valence-corrected chi connectivity index (χ2v) is 7.98. The number of anilines is 1. The third-order valence-corrected chi connectivity index (χ3v) is 5.59. The van der Waals surface area contributed by atoms with Crippen LogP contribution in [0.25, 0.3) is 10.9 Å². The summed E-state index contributed by atoms with van der Waals surface area (Å²) >= 11 is 6.65. The minimum Gasteiger partial charge on any atom is -0.477 e. The van der Waals surface area contributed by atoms with Gasteiger partial charge in [0.25, 0.3) is 0 Å². The number of piperazine rings is 1. The molecule has 27 heavy (non-hydrogen) atoms. The fourth-order valence-electron chi connectivity index (χ4n) is 4.02. The van der Waals surface area contributed by atoms with E-state index in [-0.39, 0.29) is 39.8 Å². The molecule has 2 aliphatic rings.